The number of nitrogens with zero attached hydrogens (tertiary/aromatic N) is 2. The van der Waals surface area contributed by atoms with Crippen LogP contribution in [0.4, 0.5) is 11.4 Å². The van der Waals surface area contributed by atoms with Crippen LogP contribution in [0.2, 0.25) is 0 Å². The maximum Gasteiger partial charge on any atom is 0.282 e. The van der Waals surface area contributed by atoms with Crippen LogP contribution in [-0.4, -0.2) is 50.3 Å². The average Bonchev–Trinajstić information content (AvgIpc) is 2.68. The van der Waals surface area contributed by atoms with E-state index in [4.69, 9.17) is 0 Å². The minimum absolute atomic E-state index is 0.113. The summed E-state index contributed by atoms with van der Waals surface area (Å²) in [5.41, 5.74) is 1.78. The van der Waals surface area contributed by atoms with Crippen LogP contribution in [-0.2, 0) is 4.79 Å². The first kappa shape index (κ1) is 18.0. The number of phenols is 1. The third kappa shape index (κ3) is 4.24. The summed E-state index contributed by atoms with van der Waals surface area (Å²) in [6, 6.07) is 17.1. The van der Waals surface area contributed by atoms with Crippen molar-refractivity contribution in [1.29, 1.82) is 0 Å². The quantitative estimate of drug-likeness (QED) is 0.771. The van der Waals surface area contributed by atoms with Gasteiger partial charge in [-0.15, -0.1) is 6.58 Å². The molecule has 1 saturated heterocycles. The Bertz CT molecular complexity index is 740. The van der Waals surface area contributed by atoms with E-state index in [9.17, 15) is 9.90 Å². The SMILES string of the molecule is C=CCN(C(=O)C[NH+]1CCN(c2ccccc2O)CC1)c1ccccc1. The molecule has 2 N–H and O–H groups in total. The molecule has 0 spiro atoms. The van der Waals surface area contributed by atoms with Gasteiger partial charge in [0, 0.05) is 12.2 Å². The third-order valence-corrected chi connectivity index (χ3v) is 4.77. The summed E-state index contributed by atoms with van der Waals surface area (Å²) in [4.78, 5) is 18.1. The largest absolute Gasteiger partial charge is 0.506 e. The lowest BCUT2D eigenvalue weighted by atomic mass is 10.2. The molecule has 2 aromatic carbocycles. The van der Waals surface area contributed by atoms with Crippen molar-refractivity contribution in [3.05, 3.63) is 67.3 Å². The molecule has 1 amide bonds. The van der Waals surface area contributed by atoms with Crippen LogP contribution >= 0.6 is 0 Å². The lowest BCUT2D eigenvalue weighted by molar-refractivity contribution is -0.892. The van der Waals surface area contributed by atoms with Crippen LogP contribution in [0.5, 0.6) is 5.75 Å². The van der Waals surface area contributed by atoms with E-state index in [1.807, 2.05) is 48.5 Å². The first-order valence-corrected chi connectivity index (χ1v) is 9.02. The third-order valence-electron chi connectivity index (χ3n) is 4.77. The van der Waals surface area contributed by atoms with Gasteiger partial charge in [-0.1, -0.05) is 36.4 Å². The van der Waals surface area contributed by atoms with Gasteiger partial charge in [-0.2, -0.15) is 0 Å². The van der Waals surface area contributed by atoms with Gasteiger partial charge in [0.1, 0.15) is 5.75 Å². The van der Waals surface area contributed by atoms with Gasteiger partial charge in [0.05, 0.1) is 31.9 Å². The Balaban J connectivity index is 1.59. The number of rotatable bonds is 6. The number of hydrogen-bond donors (Lipinski definition) is 2. The number of anilines is 2. The molecule has 0 radical (unpaired) electrons. The number of aromatic hydroxyl groups is 1. The van der Waals surface area contributed by atoms with Crippen LogP contribution in [0.25, 0.3) is 0 Å². The molecule has 5 nitrogen and oxygen atoms in total. The van der Waals surface area contributed by atoms with Crippen molar-refractivity contribution < 1.29 is 14.8 Å². The number of amides is 1. The van der Waals surface area contributed by atoms with Gasteiger partial charge >= 0.3 is 0 Å². The molecule has 136 valence electrons. The molecular weight excluding hydrogens is 326 g/mol. The topological polar surface area (TPSA) is 48.2 Å². The Labute approximate surface area is 154 Å². The Morgan fingerprint density at radius 1 is 1.12 bits per heavy atom. The molecule has 0 saturated carbocycles. The van der Waals surface area contributed by atoms with E-state index in [2.05, 4.69) is 11.5 Å². The van der Waals surface area contributed by atoms with Gasteiger partial charge in [0.15, 0.2) is 6.54 Å². The van der Waals surface area contributed by atoms with Gasteiger partial charge in [-0.25, -0.2) is 0 Å². The summed E-state index contributed by atoms with van der Waals surface area (Å²) in [6.07, 6.45) is 1.76. The normalized spacial score (nSPS) is 14.8. The first-order chi connectivity index (χ1) is 12.7. The number of carbonyl (C=O) groups is 1. The molecule has 3 rings (SSSR count). The van der Waals surface area contributed by atoms with E-state index >= 15 is 0 Å². The number of nitrogens with one attached hydrogen (secondary N) is 1. The maximum atomic E-state index is 12.8. The van der Waals surface area contributed by atoms with Crippen molar-refractivity contribution in [2.75, 3.05) is 49.1 Å². The van der Waals surface area contributed by atoms with Crippen LogP contribution in [0.3, 0.4) is 0 Å². The molecule has 0 aliphatic carbocycles. The highest BCUT2D eigenvalue weighted by atomic mass is 16.3. The van der Waals surface area contributed by atoms with Crippen molar-refractivity contribution in [1.82, 2.24) is 0 Å². The predicted octanol–water partition coefficient (Wildman–Crippen LogP) is 1.32. The fraction of sp³-hybridized carbons (Fsp3) is 0.286. The van der Waals surface area contributed by atoms with Gasteiger partial charge in [-0.3, -0.25) is 4.79 Å². The zero-order valence-electron chi connectivity index (χ0n) is 15.0. The van der Waals surface area contributed by atoms with Gasteiger partial charge < -0.3 is 19.8 Å². The number of phenolic OH excluding ortho intramolecular Hbond substituents is 1. The zero-order valence-corrected chi connectivity index (χ0v) is 15.0. The molecular formula is C21H26N3O2+. The van der Waals surface area contributed by atoms with E-state index < -0.39 is 0 Å². The molecule has 0 aromatic heterocycles. The van der Waals surface area contributed by atoms with E-state index in [-0.39, 0.29) is 5.91 Å². The average molecular weight is 352 g/mol. The van der Waals surface area contributed by atoms with E-state index in [1.54, 1.807) is 17.0 Å². The van der Waals surface area contributed by atoms with E-state index in [0.29, 0.717) is 18.8 Å². The molecule has 0 bridgehead atoms. The van der Waals surface area contributed by atoms with E-state index in [1.165, 1.54) is 4.90 Å². The number of para-hydroxylation sites is 3. The van der Waals surface area contributed by atoms with Crippen molar-refractivity contribution in [3.63, 3.8) is 0 Å². The zero-order chi connectivity index (χ0) is 18.4. The number of hydrogen-bond acceptors (Lipinski definition) is 3. The smallest absolute Gasteiger partial charge is 0.282 e. The van der Waals surface area contributed by atoms with Crippen molar-refractivity contribution in [2.24, 2.45) is 0 Å². The van der Waals surface area contributed by atoms with Crippen molar-refractivity contribution in [3.8, 4) is 5.75 Å². The van der Waals surface area contributed by atoms with E-state index in [0.717, 1.165) is 37.6 Å². The summed E-state index contributed by atoms with van der Waals surface area (Å²) in [7, 11) is 0. The monoisotopic (exact) mass is 352 g/mol. The highest BCUT2D eigenvalue weighted by molar-refractivity contribution is 5.94. The van der Waals surface area contributed by atoms with Crippen LogP contribution in [0.15, 0.2) is 67.3 Å². The Morgan fingerprint density at radius 3 is 2.42 bits per heavy atom. The second kappa shape index (κ2) is 8.54. The molecule has 1 heterocycles. The molecule has 5 heteroatoms. The van der Waals surface area contributed by atoms with Crippen LogP contribution in [0, 0.1) is 0 Å². The molecule has 0 atom stereocenters. The molecule has 1 aliphatic heterocycles. The standard InChI is InChI=1S/C21H25N3O2/c1-2-12-24(18-8-4-3-5-9-18)21(26)17-22-13-15-23(16-14-22)19-10-6-7-11-20(19)25/h2-11,25H,1,12-17H2/p+1. The van der Waals surface area contributed by atoms with Crippen LogP contribution < -0.4 is 14.7 Å². The van der Waals surface area contributed by atoms with Gasteiger partial charge in [-0.05, 0) is 24.3 Å². The molecule has 26 heavy (non-hydrogen) atoms. The summed E-state index contributed by atoms with van der Waals surface area (Å²) < 4.78 is 0. The minimum Gasteiger partial charge on any atom is -0.506 e. The maximum absolute atomic E-state index is 12.8. The number of benzene rings is 2. The van der Waals surface area contributed by atoms with Crippen molar-refractivity contribution in [2.45, 2.75) is 0 Å². The Kier molecular flexibility index (Phi) is 5.92. The summed E-state index contributed by atoms with van der Waals surface area (Å²) >= 11 is 0. The second-order valence-electron chi connectivity index (χ2n) is 6.53. The molecule has 1 fully saturated rings. The lowest BCUT2D eigenvalue weighted by Crippen LogP contribution is -3.16. The minimum atomic E-state index is 0.113. The highest BCUT2D eigenvalue weighted by Gasteiger charge is 2.26. The fourth-order valence-electron chi connectivity index (χ4n) is 3.37. The Hall–Kier alpha value is -2.79. The summed E-state index contributed by atoms with van der Waals surface area (Å²) in [5, 5.41) is 10.0. The molecule has 1 aliphatic rings. The highest BCUT2D eigenvalue weighted by Crippen LogP contribution is 2.25. The predicted molar refractivity (Wildman–Crippen MR) is 105 cm³/mol. The molecule has 0 unspecified atom stereocenters. The summed E-state index contributed by atoms with van der Waals surface area (Å²) in [6.45, 7) is 8.16. The number of quaternary nitrogens is 1. The fourth-order valence-corrected chi connectivity index (χ4v) is 3.37. The second-order valence-corrected chi connectivity index (χ2v) is 6.53. The lowest BCUT2D eigenvalue weighted by Gasteiger charge is -2.34. The number of carbonyl (C=O) groups excluding carboxylic acids is 1. The van der Waals surface area contributed by atoms with Gasteiger partial charge in [0.2, 0.25) is 0 Å². The van der Waals surface area contributed by atoms with Crippen LogP contribution in [0.1, 0.15) is 0 Å². The summed E-state index contributed by atoms with van der Waals surface area (Å²) in [5.74, 6) is 0.426. The van der Waals surface area contributed by atoms with Gasteiger partial charge in [0.25, 0.3) is 5.91 Å². The van der Waals surface area contributed by atoms with Crippen molar-refractivity contribution >= 4 is 17.3 Å². The molecule has 2 aromatic rings. The Morgan fingerprint density at radius 2 is 1.77 bits per heavy atom. The first-order valence-electron chi connectivity index (χ1n) is 9.02. The number of piperazine rings is 1.